The molecular weight excluding hydrogens is 474 g/mol. The molecule has 6 nitrogen and oxygen atoms in total. The van der Waals surface area contributed by atoms with Crippen molar-refractivity contribution in [3.63, 3.8) is 0 Å². The lowest BCUT2D eigenvalue weighted by atomic mass is 9.58. The molecule has 4 aliphatic heterocycles. The predicted octanol–water partition coefficient (Wildman–Crippen LogP) is 4.70. The molecule has 2 spiro atoms. The lowest BCUT2D eigenvalue weighted by Gasteiger charge is -2.43. The summed E-state index contributed by atoms with van der Waals surface area (Å²) < 4.78 is 0. The quantitative estimate of drug-likeness (QED) is 0.521. The minimum absolute atomic E-state index is 0.0389. The van der Waals surface area contributed by atoms with Crippen molar-refractivity contribution in [2.75, 3.05) is 16.8 Å². The van der Waals surface area contributed by atoms with Crippen molar-refractivity contribution in [2.45, 2.75) is 36.8 Å². The number of nitrogens with zero attached hydrogens (tertiary/aromatic N) is 2. The minimum Gasteiger partial charge on any atom is -0.324 e. The normalized spacial score (nSPS) is 30.9. The molecule has 0 bridgehead atoms. The highest BCUT2D eigenvalue weighted by molar-refractivity contribution is 6.30. The molecule has 3 fully saturated rings. The van der Waals surface area contributed by atoms with E-state index in [1.807, 2.05) is 66.7 Å². The molecule has 3 aromatic rings. The Labute approximate surface area is 213 Å². The van der Waals surface area contributed by atoms with E-state index in [1.165, 1.54) is 4.90 Å². The Morgan fingerprint density at radius 3 is 2.39 bits per heavy atom. The molecule has 0 unspecified atom stereocenters. The lowest BCUT2D eigenvalue weighted by molar-refractivity contribution is -0.143. The van der Waals surface area contributed by atoms with Crippen LogP contribution < -0.4 is 10.2 Å². The lowest BCUT2D eigenvalue weighted by Crippen LogP contribution is -2.59. The Kier molecular flexibility index (Phi) is 4.54. The summed E-state index contributed by atoms with van der Waals surface area (Å²) in [6.45, 7) is 0.686. The van der Waals surface area contributed by atoms with Crippen LogP contribution in [0.5, 0.6) is 0 Å². The fraction of sp³-hybridized carbons (Fsp3) is 0.276. The first-order valence-electron chi connectivity index (χ1n) is 12.4. The number of hydrogen-bond acceptors (Lipinski definition) is 4. The molecule has 36 heavy (non-hydrogen) atoms. The average Bonchev–Trinajstić information content (AvgIpc) is 3.59. The number of rotatable bonds is 2. The number of imide groups is 1. The highest BCUT2D eigenvalue weighted by atomic mass is 35.5. The Balaban J connectivity index is 1.54. The third kappa shape index (κ3) is 2.48. The van der Waals surface area contributed by atoms with E-state index < -0.39 is 11.0 Å². The van der Waals surface area contributed by atoms with Gasteiger partial charge in [-0.3, -0.25) is 19.3 Å². The molecule has 4 aliphatic rings. The molecule has 0 radical (unpaired) electrons. The summed E-state index contributed by atoms with van der Waals surface area (Å²) in [5.74, 6) is -1.15. The summed E-state index contributed by atoms with van der Waals surface area (Å²) in [6, 6.07) is 24.2. The third-order valence-electron chi connectivity index (χ3n) is 8.69. The van der Waals surface area contributed by atoms with Crippen molar-refractivity contribution in [1.29, 1.82) is 0 Å². The average molecular weight is 498 g/mol. The number of anilines is 2. The number of hydrogen-bond donors (Lipinski definition) is 1. The zero-order valence-electron chi connectivity index (χ0n) is 19.5. The van der Waals surface area contributed by atoms with Crippen LogP contribution in [0, 0.1) is 5.41 Å². The molecule has 3 amide bonds. The largest absolute Gasteiger partial charge is 0.324 e. The summed E-state index contributed by atoms with van der Waals surface area (Å²) in [4.78, 5) is 46.4. The molecule has 1 N–H and O–H groups in total. The summed E-state index contributed by atoms with van der Waals surface area (Å²) in [5.41, 5.74) is 0.396. The van der Waals surface area contributed by atoms with Crippen LogP contribution in [0.4, 0.5) is 11.4 Å². The summed E-state index contributed by atoms with van der Waals surface area (Å²) >= 11 is 6.24. The fourth-order valence-corrected chi connectivity index (χ4v) is 7.71. The van der Waals surface area contributed by atoms with Crippen molar-refractivity contribution in [2.24, 2.45) is 5.41 Å². The van der Waals surface area contributed by atoms with E-state index in [1.54, 1.807) is 12.1 Å². The van der Waals surface area contributed by atoms with Crippen molar-refractivity contribution >= 4 is 40.7 Å². The monoisotopic (exact) mass is 497 g/mol. The van der Waals surface area contributed by atoms with Gasteiger partial charge in [-0.1, -0.05) is 60.1 Å². The second-order valence-electron chi connectivity index (χ2n) is 10.2. The van der Waals surface area contributed by atoms with E-state index in [4.69, 9.17) is 11.6 Å². The number of benzene rings is 3. The highest BCUT2D eigenvalue weighted by Gasteiger charge is 2.80. The molecule has 0 aliphatic carbocycles. The molecule has 3 saturated heterocycles. The van der Waals surface area contributed by atoms with Gasteiger partial charge < -0.3 is 5.32 Å². The predicted molar refractivity (Wildman–Crippen MR) is 137 cm³/mol. The Hall–Kier alpha value is -3.48. The number of para-hydroxylation sites is 2. The Morgan fingerprint density at radius 2 is 1.61 bits per heavy atom. The first kappa shape index (κ1) is 21.8. The van der Waals surface area contributed by atoms with Crippen LogP contribution in [0.25, 0.3) is 0 Å². The number of fused-ring (bicyclic) bond motifs is 5. The van der Waals surface area contributed by atoms with Gasteiger partial charge in [-0.15, -0.1) is 0 Å². The zero-order valence-corrected chi connectivity index (χ0v) is 20.2. The first-order chi connectivity index (χ1) is 17.5. The Morgan fingerprint density at radius 1 is 0.889 bits per heavy atom. The number of amides is 3. The molecular formula is C29H24ClN3O3. The summed E-state index contributed by atoms with van der Waals surface area (Å²) in [5, 5.41) is 3.69. The van der Waals surface area contributed by atoms with Gasteiger partial charge in [0.05, 0.1) is 11.1 Å². The van der Waals surface area contributed by atoms with Crippen LogP contribution in [0.3, 0.4) is 0 Å². The summed E-state index contributed by atoms with van der Waals surface area (Å²) in [6.07, 6.45) is 1.73. The zero-order chi connectivity index (χ0) is 24.7. The maximum atomic E-state index is 14.8. The molecule has 0 aromatic heterocycles. The number of carbonyl (C=O) groups is 3. The van der Waals surface area contributed by atoms with Gasteiger partial charge in [0.2, 0.25) is 11.8 Å². The van der Waals surface area contributed by atoms with Crippen LogP contribution in [-0.4, -0.2) is 35.2 Å². The van der Waals surface area contributed by atoms with Crippen LogP contribution in [0.1, 0.15) is 36.3 Å². The van der Waals surface area contributed by atoms with Gasteiger partial charge in [0.1, 0.15) is 5.54 Å². The van der Waals surface area contributed by atoms with Crippen LogP contribution >= 0.6 is 11.6 Å². The van der Waals surface area contributed by atoms with Gasteiger partial charge in [-0.05, 0) is 55.3 Å². The molecule has 4 atom stereocenters. The minimum atomic E-state index is -1.30. The van der Waals surface area contributed by atoms with E-state index in [0.29, 0.717) is 22.9 Å². The van der Waals surface area contributed by atoms with Crippen molar-refractivity contribution in [3.8, 4) is 0 Å². The Bertz CT molecular complexity index is 1430. The fourth-order valence-electron chi connectivity index (χ4n) is 7.58. The second-order valence-corrected chi connectivity index (χ2v) is 10.6. The molecule has 7 heteroatoms. The maximum Gasteiger partial charge on any atom is 0.250 e. The molecule has 7 rings (SSSR count). The smallest absolute Gasteiger partial charge is 0.250 e. The van der Waals surface area contributed by atoms with Crippen LogP contribution in [0.2, 0.25) is 5.02 Å². The standard InChI is InChI=1S/C29H24ClN3O3/c30-19-14-12-18(13-15-19)25-23-11-6-16-32(23)29(21-9-4-5-10-22(21)31-26(29)35)28(25)17-24(34)33(27(28)36)20-7-2-1-3-8-20/h1-5,7-10,12-15,23,25H,6,11,16-17H2,(H,31,35)/t23-,25-,28-,29+/m0/s1. The van der Waals surface area contributed by atoms with Gasteiger partial charge in [0.15, 0.2) is 0 Å². The van der Waals surface area contributed by atoms with Gasteiger partial charge in [-0.25, -0.2) is 4.90 Å². The number of halogens is 1. The molecule has 4 heterocycles. The molecule has 3 aromatic carbocycles. The molecule has 180 valence electrons. The van der Waals surface area contributed by atoms with E-state index >= 15 is 0 Å². The van der Waals surface area contributed by atoms with E-state index in [0.717, 1.165) is 24.0 Å². The number of nitrogens with one attached hydrogen (secondary N) is 1. The van der Waals surface area contributed by atoms with Crippen molar-refractivity contribution < 1.29 is 14.4 Å². The van der Waals surface area contributed by atoms with Crippen molar-refractivity contribution in [1.82, 2.24) is 4.90 Å². The number of carbonyl (C=O) groups excluding carboxylic acids is 3. The SMILES string of the molecule is O=C1C[C@@]2(C(=O)N1c1ccccc1)[C@@H](c1ccc(Cl)cc1)[C@@H]1CCCN1[C@]21C(=O)Nc2ccccc21. The maximum absolute atomic E-state index is 14.8. The van der Waals surface area contributed by atoms with E-state index in [-0.39, 0.29) is 36.1 Å². The van der Waals surface area contributed by atoms with Crippen LogP contribution in [0.15, 0.2) is 78.9 Å². The van der Waals surface area contributed by atoms with Crippen LogP contribution in [-0.2, 0) is 19.9 Å². The highest BCUT2D eigenvalue weighted by Crippen LogP contribution is 2.70. The van der Waals surface area contributed by atoms with Gasteiger partial charge in [0, 0.05) is 34.7 Å². The second kappa shape index (κ2) is 7.51. The van der Waals surface area contributed by atoms with E-state index in [9.17, 15) is 14.4 Å². The van der Waals surface area contributed by atoms with Gasteiger partial charge >= 0.3 is 0 Å². The van der Waals surface area contributed by atoms with Gasteiger partial charge in [0.25, 0.3) is 5.91 Å². The van der Waals surface area contributed by atoms with Crippen molar-refractivity contribution in [3.05, 3.63) is 95.0 Å². The van der Waals surface area contributed by atoms with E-state index in [2.05, 4.69) is 10.2 Å². The third-order valence-corrected chi connectivity index (χ3v) is 8.94. The summed E-state index contributed by atoms with van der Waals surface area (Å²) in [7, 11) is 0. The first-order valence-corrected chi connectivity index (χ1v) is 12.7. The van der Waals surface area contributed by atoms with Gasteiger partial charge in [-0.2, -0.15) is 0 Å². The topological polar surface area (TPSA) is 69.7 Å². The molecule has 0 saturated carbocycles.